The van der Waals surface area contributed by atoms with Crippen LogP contribution in [0, 0.1) is 0 Å². The zero-order valence-corrected chi connectivity index (χ0v) is 7.18. The molecular weight excluding hydrogens is 140 g/mol. The van der Waals surface area contributed by atoms with Crippen molar-refractivity contribution in [2.45, 2.75) is 38.8 Å². The Bertz CT molecular complexity index is 145. The summed E-state index contributed by atoms with van der Waals surface area (Å²) in [4.78, 5) is 11.2. The summed E-state index contributed by atoms with van der Waals surface area (Å²) in [5, 5.41) is 6.06. The van der Waals surface area contributed by atoms with Gasteiger partial charge in [0.05, 0.1) is 6.04 Å². The summed E-state index contributed by atoms with van der Waals surface area (Å²) in [5.41, 5.74) is 0. The topological polar surface area (TPSA) is 41.1 Å². The molecule has 1 rings (SSSR count). The summed E-state index contributed by atoms with van der Waals surface area (Å²) in [5.74, 6) is 0.157. The van der Waals surface area contributed by atoms with Crippen LogP contribution in [0.15, 0.2) is 0 Å². The SMILES string of the molecule is CC(C)NC1CCCNC1=O. The maximum atomic E-state index is 11.2. The van der Waals surface area contributed by atoms with Gasteiger partial charge in [-0.25, -0.2) is 0 Å². The van der Waals surface area contributed by atoms with E-state index in [9.17, 15) is 4.79 Å². The van der Waals surface area contributed by atoms with Gasteiger partial charge >= 0.3 is 0 Å². The first-order chi connectivity index (χ1) is 5.20. The number of carbonyl (C=O) groups excluding carboxylic acids is 1. The van der Waals surface area contributed by atoms with Crippen molar-refractivity contribution < 1.29 is 4.79 Å². The molecule has 1 atom stereocenters. The van der Waals surface area contributed by atoms with Crippen LogP contribution >= 0.6 is 0 Å². The Morgan fingerprint density at radius 2 is 2.36 bits per heavy atom. The second-order valence-corrected chi connectivity index (χ2v) is 3.31. The smallest absolute Gasteiger partial charge is 0.237 e. The van der Waals surface area contributed by atoms with Gasteiger partial charge in [-0.05, 0) is 12.8 Å². The third kappa shape index (κ3) is 2.50. The van der Waals surface area contributed by atoms with E-state index in [4.69, 9.17) is 0 Å². The Morgan fingerprint density at radius 1 is 1.64 bits per heavy atom. The van der Waals surface area contributed by atoms with Crippen molar-refractivity contribution in [3.63, 3.8) is 0 Å². The molecule has 0 aliphatic carbocycles. The highest BCUT2D eigenvalue weighted by atomic mass is 16.2. The van der Waals surface area contributed by atoms with Crippen LogP contribution in [0.2, 0.25) is 0 Å². The highest BCUT2D eigenvalue weighted by molar-refractivity contribution is 5.82. The number of hydrogen-bond acceptors (Lipinski definition) is 2. The molecule has 1 amide bonds. The molecule has 1 unspecified atom stereocenters. The Kier molecular flexibility index (Phi) is 2.88. The van der Waals surface area contributed by atoms with E-state index in [1.807, 2.05) is 0 Å². The predicted molar refractivity (Wildman–Crippen MR) is 44.3 cm³/mol. The molecule has 0 aromatic heterocycles. The Morgan fingerprint density at radius 3 is 2.91 bits per heavy atom. The number of amides is 1. The minimum Gasteiger partial charge on any atom is -0.355 e. The number of hydrogen-bond donors (Lipinski definition) is 2. The highest BCUT2D eigenvalue weighted by Gasteiger charge is 2.21. The number of rotatable bonds is 2. The quantitative estimate of drug-likeness (QED) is 0.602. The minimum absolute atomic E-state index is 0.0451. The van der Waals surface area contributed by atoms with Gasteiger partial charge < -0.3 is 10.6 Å². The van der Waals surface area contributed by atoms with Gasteiger partial charge in [0, 0.05) is 12.6 Å². The lowest BCUT2D eigenvalue weighted by molar-refractivity contribution is -0.124. The second-order valence-electron chi connectivity index (χ2n) is 3.31. The first-order valence-electron chi connectivity index (χ1n) is 4.24. The summed E-state index contributed by atoms with van der Waals surface area (Å²) in [6, 6.07) is 0.438. The number of piperidine rings is 1. The van der Waals surface area contributed by atoms with Crippen LogP contribution in [0.25, 0.3) is 0 Å². The molecule has 0 aromatic rings. The van der Waals surface area contributed by atoms with Gasteiger partial charge in [0.1, 0.15) is 0 Å². The minimum atomic E-state index is 0.0451. The van der Waals surface area contributed by atoms with Crippen molar-refractivity contribution in [3.05, 3.63) is 0 Å². The monoisotopic (exact) mass is 156 g/mol. The summed E-state index contributed by atoms with van der Waals surface area (Å²) < 4.78 is 0. The maximum absolute atomic E-state index is 11.2. The molecular formula is C8H16N2O. The Hall–Kier alpha value is -0.570. The lowest BCUT2D eigenvalue weighted by Gasteiger charge is -2.24. The van der Waals surface area contributed by atoms with Gasteiger partial charge in [-0.1, -0.05) is 13.8 Å². The molecule has 0 aromatic carbocycles. The lowest BCUT2D eigenvalue weighted by Crippen LogP contribution is -2.50. The molecule has 2 N–H and O–H groups in total. The van der Waals surface area contributed by atoms with Gasteiger partial charge in [-0.2, -0.15) is 0 Å². The van der Waals surface area contributed by atoms with Crippen molar-refractivity contribution in [3.8, 4) is 0 Å². The van der Waals surface area contributed by atoms with Crippen LogP contribution in [-0.2, 0) is 4.79 Å². The predicted octanol–water partition coefficient (Wildman–Crippen LogP) is 0.263. The van der Waals surface area contributed by atoms with E-state index < -0.39 is 0 Å². The van der Waals surface area contributed by atoms with Crippen LogP contribution in [0.3, 0.4) is 0 Å². The van der Waals surface area contributed by atoms with E-state index in [1.165, 1.54) is 0 Å². The average Bonchev–Trinajstić information content (AvgIpc) is 1.93. The summed E-state index contributed by atoms with van der Waals surface area (Å²) in [6.07, 6.45) is 2.07. The number of carbonyl (C=O) groups is 1. The summed E-state index contributed by atoms with van der Waals surface area (Å²) in [7, 11) is 0. The molecule has 1 saturated heterocycles. The maximum Gasteiger partial charge on any atom is 0.237 e. The van der Waals surface area contributed by atoms with E-state index in [2.05, 4.69) is 24.5 Å². The molecule has 0 saturated carbocycles. The van der Waals surface area contributed by atoms with Crippen LogP contribution in [0.5, 0.6) is 0 Å². The second kappa shape index (κ2) is 3.72. The fourth-order valence-electron chi connectivity index (χ4n) is 1.33. The van der Waals surface area contributed by atoms with E-state index in [0.717, 1.165) is 19.4 Å². The van der Waals surface area contributed by atoms with E-state index in [1.54, 1.807) is 0 Å². The summed E-state index contributed by atoms with van der Waals surface area (Å²) in [6.45, 7) is 4.96. The molecule has 0 bridgehead atoms. The lowest BCUT2D eigenvalue weighted by atomic mass is 10.1. The van der Waals surface area contributed by atoms with Crippen molar-refractivity contribution in [1.29, 1.82) is 0 Å². The first kappa shape index (κ1) is 8.53. The molecule has 11 heavy (non-hydrogen) atoms. The van der Waals surface area contributed by atoms with Crippen LogP contribution in [0.4, 0.5) is 0 Å². The van der Waals surface area contributed by atoms with Gasteiger partial charge in [-0.15, -0.1) is 0 Å². The van der Waals surface area contributed by atoms with E-state index in [0.29, 0.717) is 6.04 Å². The number of nitrogens with one attached hydrogen (secondary N) is 2. The Balaban J connectivity index is 2.36. The molecule has 1 aliphatic heterocycles. The molecule has 64 valence electrons. The summed E-state index contributed by atoms with van der Waals surface area (Å²) >= 11 is 0. The van der Waals surface area contributed by atoms with Crippen LogP contribution < -0.4 is 10.6 Å². The molecule has 1 aliphatic rings. The molecule has 1 heterocycles. The Labute approximate surface area is 67.5 Å². The van der Waals surface area contributed by atoms with Gasteiger partial charge in [-0.3, -0.25) is 4.79 Å². The van der Waals surface area contributed by atoms with Crippen molar-refractivity contribution >= 4 is 5.91 Å². The third-order valence-electron chi connectivity index (χ3n) is 1.82. The van der Waals surface area contributed by atoms with E-state index >= 15 is 0 Å². The third-order valence-corrected chi connectivity index (χ3v) is 1.82. The van der Waals surface area contributed by atoms with E-state index in [-0.39, 0.29) is 11.9 Å². The zero-order valence-electron chi connectivity index (χ0n) is 7.18. The fourth-order valence-corrected chi connectivity index (χ4v) is 1.33. The largest absolute Gasteiger partial charge is 0.355 e. The molecule has 0 radical (unpaired) electrons. The standard InChI is InChI=1S/C8H16N2O/c1-6(2)10-7-4-3-5-9-8(7)11/h6-7,10H,3-5H2,1-2H3,(H,9,11). The van der Waals surface area contributed by atoms with Crippen molar-refractivity contribution in [2.24, 2.45) is 0 Å². The highest BCUT2D eigenvalue weighted by Crippen LogP contribution is 2.03. The molecule has 3 heteroatoms. The van der Waals surface area contributed by atoms with Crippen LogP contribution in [0.1, 0.15) is 26.7 Å². The molecule has 0 spiro atoms. The molecule has 1 fully saturated rings. The van der Waals surface area contributed by atoms with Gasteiger partial charge in [0.15, 0.2) is 0 Å². The zero-order chi connectivity index (χ0) is 8.27. The normalized spacial score (nSPS) is 25.4. The fraction of sp³-hybridized carbons (Fsp3) is 0.875. The van der Waals surface area contributed by atoms with Crippen LogP contribution in [-0.4, -0.2) is 24.5 Å². The van der Waals surface area contributed by atoms with Gasteiger partial charge in [0.25, 0.3) is 0 Å². The van der Waals surface area contributed by atoms with Gasteiger partial charge in [0.2, 0.25) is 5.91 Å². The van der Waals surface area contributed by atoms with Crippen molar-refractivity contribution in [2.75, 3.05) is 6.54 Å². The average molecular weight is 156 g/mol. The molecule has 3 nitrogen and oxygen atoms in total. The van der Waals surface area contributed by atoms with Crippen molar-refractivity contribution in [1.82, 2.24) is 10.6 Å². The first-order valence-corrected chi connectivity index (χ1v) is 4.24.